The summed E-state index contributed by atoms with van der Waals surface area (Å²) in [6.07, 6.45) is 6.89. The first kappa shape index (κ1) is 5.98. The van der Waals surface area contributed by atoms with Crippen molar-refractivity contribution in [2.24, 2.45) is 5.73 Å². The molecule has 1 heterocycles. The summed E-state index contributed by atoms with van der Waals surface area (Å²) in [7, 11) is 0. The SMILES string of the molecule is NC1(c2ccoc2)CCC1. The van der Waals surface area contributed by atoms with Crippen LogP contribution in [0.3, 0.4) is 0 Å². The third-order valence-corrected chi connectivity index (χ3v) is 2.34. The number of nitrogens with two attached hydrogens (primary N) is 1. The Morgan fingerprint density at radius 3 is 2.70 bits per heavy atom. The van der Waals surface area contributed by atoms with E-state index in [1.807, 2.05) is 6.07 Å². The van der Waals surface area contributed by atoms with E-state index in [4.69, 9.17) is 10.2 Å². The zero-order valence-corrected chi connectivity index (χ0v) is 5.84. The predicted molar refractivity (Wildman–Crippen MR) is 38.4 cm³/mol. The minimum absolute atomic E-state index is 0.0486. The molecule has 54 valence electrons. The Morgan fingerprint density at radius 1 is 1.50 bits per heavy atom. The predicted octanol–water partition coefficient (Wildman–Crippen LogP) is 1.62. The zero-order valence-electron chi connectivity index (χ0n) is 5.84. The lowest BCUT2D eigenvalue weighted by atomic mass is 9.74. The van der Waals surface area contributed by atoms with Gasteiger partial charge in [-0.3, -0.25) is 0 Å². The quantitative estimate of drug-likeness (QED) is 0.638. The van der Waals surface area contributed by atoms with Gasteiger partial charge in [0.2, 0.25) is 0 Å². The van der Waals surface area contributed by atoms with E-state index in [1.165, 1.54) is 6.42 Å². The second-order valence-corrected chi connectivity index (χ2v) is 3.02. The molecule has 2 rings (SSSR count). The van der Waals surface area contributed by atoms with Crippen molar-refractivity contribution < 1.29 is 4.42 Å². The van der Waals surface area contributed by atoms with Crippen molar-refractivity contribution in [3.8, 4) is 0 Å². The molecule has 0 saturated heterocycles. The first-order chi connectivity index (χ1) is 4.81. The first-order valence-electron chi connectivity index (χ1n) is 3.63. The van der Waals surface area contributed by atoms with Crippen LogP contribution in [0.1, 0.15) is 24.8 Å². The minimum Gasteiger partial charge on any atom is -0.472 e. The average molecular weight is 137 g/mol. The normalized spacial score (nSPS) is 22.1. The topological polar surface area (TPSA) is 39.2 Å². The van der Waals surface area contributed by atoms with Crippen LogP contribution in [0.5, 0.6) is 0 Å². The largest absolute Gasteiger partial charge is 0.472 e. The molecule has 2 heteroatoms. The lowest BCUT2D eigenvalue weighted by Crippen LogP contribution is -2.42. The van der Waals surface area contributed by atoms with E-state index in [-0.39, 0.29) is 5.54 Å². The molecule has 0 spiro atoms. The van der Waals surface area contributed by atoms with Crippen LogP contribution in [0.15, 0.2) is 23.0 Å². The molecule has 0 aromatic carbocycles. The Bertz CT molecular complexity index is 211. The van der Waals surface area contributed by atoms with Gasteiger partial charge in [0.05, 0.1) is 12.5 Å². The summed E-state index contributed by atoms with van der Waals surface area (Å²) in [5.41, 5.74) is 7.11. The van der Waals surface area contributed by atoms with E-state index in [0.717, 1.165) is 18.4 Å². The average Bonchev–Trinajstić information content (AvgIpc) is 2.33. The molecule has 1 aliphatic rings. The van der Waals surface area contributed by atoms with Crippen LogP contribution >= 0.6 is 0 Å². The molecule has 1 aliphatic carbocycles. The van der Waals surface area contributed by atoms with Gasteiger partial charge in [0, 0.05) is 11.1 Å². The number of hydrogen-bond acceptors (Lipinski definition) is 2. The van der Waals surface area contributed by atoms with Gasteiger partial charge in [-0.15, -0.1) is 0 Å². The van der Waals surface area contributed by atoms with E-state index in [0.29, 0.717) is 0 Å². The highest BCUT2D eigenvalue weighted by Crippen LogP contribution is 2.38. The molecule has 0 bridgehead atoms. The minimum atomic E-state index is -0.0486. The van der Waals surface area contributed by atoms with Crippen molar-refractivity contribution in [3.05, 3.63) is 24.2 Å². The fraction of sp³-hybridized carbons (Fsp3) is 0.500. The van der Waals surface area contributed by atoms with Crippen molar-refractivity contribution in [2.45, 2.75) is 24.8 Å². The molecule has 1 aromatic rings. The van der Waals surface area contributed by atoms with Gasteiger partial charge in [0.1, 0.15) is 0 Å². The van der Waals surface area contributed by atoms with E-state index in [9.17, 15) is 0 Å². The van der Waals surface area contributed by atoms with Gasteiger partial charge in [0.25, 0.3) is 0 Å². The van der Waals surface area contributed by atoms with Crippen LogP contribution < -0.4 is 5.73 Å². The Kier molecular flexibility index (Phi) is 1.11. The summed E-state index contributed by atoms with van der Waals surface area (Å²) >= 11 is 0. The summed E-state index contributed by atoms with van der Waals surface area (Å²) in [6, 6.07) is 1.96. The second-order valence-electron chi connectivity index (χ2n) is 3.02. The van der Waals surface area contributed by atoms with Crippen molar-refractivity contribution in [2.75, 3.05) is 0 Å². The van der Waals surface area contributed by atoms with Gasteiger partial charge in [0.15, 0.2) is 0 Å². The van der Waals surface area contributed by atoms with Gasteiger partial charge in [-0.25, -0.2) is 0 Å². The Hall–Kier alpha value is -0.760. The fourth-order valence-corrected chi connectivity index (χ4v) is 1.39. The van der Waals surface area contributed by atoms with Gasteiger partial charge in [-0.05, 0) is 25.3 Å². The highest BCUT2D eigenvalue weighted by atomic mass is 16.3. The van der Waals surface area contributed by atoms with E-state index < -0.39 is 0 Å². The van der Waals surface area contributed by atoms with E-state index in [2.05, 4.69) is 0 Å². The molecule has 0 amide bonds. The standard InChI is InChI=1S/C8H11NO/c9-8(3-1-4-8)7-2-5-10-6-7/h2,5-6H,1,3-4,9H2. The summed E-state index contributed by atoms with van der Waals surface area (Å²) < 4.78 is 4.96. The number of furan rings is 1. The molecule has 2 N–H and O–H groups in total. The van der Waals surface area contributed by atoms with Gasteiger partial charge < -0.3 is 10.2 Å². The van der Waals surface area contributed by atoms with Crippen LogP contribution in [-0.4, -0.2) is 0 Å². The Balaban J connectivity index is 2.27. The molecule has 0 radical (unpaired) electrons. The molecule has 2 nitrogen and oxygen atoms in total. The van der Waals surface area contributed by atoms with E-state index >= 15 is 0 Å². The number of hydrogen-bond donors (Lipinski definition) is 1. The molecule has 1 aromatic heterocycles. The molecule has 1 fully saturated rings. The molecule has 0 unspecified atom stereocenters. The zero-order chi connectivity index (χ0) is 7.03. The fourth-order valence-electron chi connectivity index (χ4n) is 1.39. The van der Waals surface area contributed by atoms with Crippen LogP contribution in [-0.2, 0) is 5.54 Å². The highest BCUT2D eigenvalue weighted by Gasteiger charge is 2.34. The third-order valence-electron chi connectivity index (χ3n) is 2.34. The van der Waals surface area contributed by atoms with E-state index in [1.54, 1.807) is 12.5 Å². The van der Waals surface area contributed by atoms with Gasteiger partial charge >= 0.3 is 0 Å². The Morgan fingerprint density at radius 2 is 2.30 bits per heavy atom. The summed E-state index contributed by atoms with van der Waals surface area (Å²) in [5.74, 6) is 0. The van der Waals surface area contributed by atoms with Crippen LogP contribution in [0.4, 0.5) is 0 Å². The maximum Gasteiger partial charge on any atom is 0.0953 e. The summed E-state index contributed by atoms with van der Waals surface area (Å²) in [4.78, 5) is 0. The first-order valence-corrected chi connectivity index (χ1v) is 3.63. The van der Waals surface area contributed by atoms with Crippen molar-refractivity contribution in [1.29, 1.82) is 0 Å². The maximum atomic E-state index is 6.01. The lowest BCUT2D eigenvalue weighted by Gasteiger charge is -2.37. The van der Waals surface area contributed by atoms with Gasteiger partial charge in [-0.1, -0.05) is 0 Å². The molecule has 0 aliphatic heterocycles. The highest BCUT2D eigenvalue weighted by molar-refractivity contribution is 5.21. The molecule has 10 heavy (non-hydrogen) atoms. The van der Waals surface area contributed by atoms with Crippen molar-refractivity contribution in [3.63, 3.8) is 0 Å². The monoisotopic (exact) mass is 137 g/mol. The number of rotatable bonds is 1. The van der Waals surface area contributed by atoms with Crippen LogP contribution in [0.2, 0.25) is 0 Å². The third kappa shape index (κ3) is 0.688. The van der Waals surface area contributed by atoms with Gasteiger partial charge in [-0.2, -0.15) is 0 Å². The lowest BCUT2D eigenvalue weighted by molar-refractivity contribution is 0.252. The van der Waals surface area contributed by atoms with Crippen molar-refractivity contribution in [1.82, 2.24) is 0 Å². The molecule has 1 saturated carbocycles. The second kappa shape index (κ2) is 1.86. The summed E-state index contributed by atoms with van der Waals surface area (Å²) in [5, 5.41) is 0. The summed E-state index contributed by atoms with van der Waals surface area (Å²) in [6.45, 7) is 0. The van der Waals surface area contributed by atoms with Crippen LogP contribution in [0.25, 0.3) is 0 Å². The van der Waals surface area contributed by atoms with Crippen LogP contribution in [0, 0.1) is 0 Å². The molecular formula is C8H11NO. The van der Waals surface area contributed by atoms with Crippen molar-refractivity contribution >= 4 is 0 Å². The maximum absolute atomic E-state index is 6.01. The molecule has 0 atom stereocenters. The smallest absolute Gasteiger partial charge is 0.0953 e. The molecular weight excluding hydrogens is 126 g/mol. The Labute approximate surface area is 60.0 Å².